The second-order valence-corrected chi connectivity index (χ2v) is 2.18. The minimum Gasteiger partial charge on any atom is -0.478 e. The zero-order chi connectivity index (χ0) is 8.97. The fourth-order valence-electron chi connectivity index (χ4n) is 0.819. The van der Waals surface area contributed by atoms with E-state index in [2.05, 4.69) is 9.97 Å². The molecule has 1 aromatic heterocycles. The van der Waals surface area contributed by atoms with E-state index in [1.54, 1.807) is 6.92 Å². The van der Waals surface area contributed by atoms with Crippen LogP contribution in [0.2, 0.25) is 0 Å². The minimum atomic E-state index is 0.339. The maximum atomic E-state index is 8.56. The Morgan fingerprint density at radius 2 is 2.33 bits per heavy atom. The van der Waals surface area contributed by atoms with Crippen molar-refractivity contribution in [3.05, 3.63) is 17.6 Å². The molecule has 0 saturated heterocycles. The monoisotopic (exact) mass is 163 g/mol. The normalized spacial score (nSPS) is 9.08. The van der Waals surface area contributed by atoms with Crippen molar-refractivity contribution in [2.24, 2.45) is 0 Å². The molecule has 1 aromatic rings. The summed E-state index contributed by atoms with van der Waals surface area (Å²) in [6.45, 7) is 4.13. The molecule has 12 heavy (non-hydrogen) atoms. The summed E-state index contributed by atoms with van der Waals surface area (Å²) in [5, 5.41) is 8.56. The van der Waals surface area contributed by atoms with Crippen LogP contribution in [-0.4, -0.2) is 16.6 Å². The van der Waals surface area contributed by atoms with Crippen LogP contribution in [0.5, 0.6) is 5.88 Å². The number of hydrogen-bond donors (Lipinski definition) is 0. The third kappa shape index (κ3) is 1.92. The van der Waals surface area contributed by atoms with Gasteiger partial charge in [0.2, 0.25) is 5.88 Å². The molecular weight excluding hydrogens is 154 g/mol. The molecule has 0 aliphatic carbocycles. The molecule has 0 saturated carbocycles. The van der Waals surface area contributed by atoms with E-state index < -0.39 is 0 Å². The molecule has 0 amide bonds. The van der Waals surface area contributed by atoms with Gasteiger partial charge in [-0.3, -0.25) is 0 Å². The second kappa shape index (κ2) is 3.67. The smallest absolute Gasteiger partial charge is 0.217 e. The van der Waals surface area contributed by atoms with Gasteiger partial charge in [-0.25, -0.2) is 4.98 Å². The second-order valence-electron chi connectivity index (χ2n) is 2.18. The Balaban J connectivity index is 3.00. The summed E-state index contributed by atoms with van der Waals surface area (Å²) in [4.78, 5) is 7.87. The quantitative estimate of drug-likeness (QED) is 0.654. The Hall–Kier alpha value is -1.63. The average molecular weight is 163 g/mol. The van der Waals surface area contributed by atoms with E-state index in [0.29, 0.717) is 24.0 Å². The lowest BCUT2D eigenvalue weighted by Crippen LogP contribution is -1.98. The van der Waals surface area contributed by atoms with E-state index in [-0.39, 0.29) is 0 Å². The Labute approximate surface area is 70.8 Å². The van der Waals surface area contributed by atoms with Crippen LogP contribution in [0.3, 0.4) is 0 Å². The van der Waals surface area contributed by atoms with Crippen molar-refractivity contribution >= 4 is 0 Å². The zero-order valence-electron chi connectivity index (χ0n) is 7.03. The standard InChI is InChI=1S/C8H9N3O/c1-3-12-8-4-7(5-9)10-6(2)11-8/h4H,3H2,1-2H3. The van der Waals surface area contributed by atoms with Crippen molar-refractivity contribution in [2.45, 2.75) is 13.8 Å². The first-order valence-corrected chi connectivity index (χ1v) is 3.65. The van der Waals surface area contributed by atoms with Gasteiger partial charge in [0.15, 0.2) is 0 Å². The highest BCUT2D eigenvalue weighted by Crippen LogP contribution is 2.07. The number of nitrogens with zero attached hydrogens (tertiary/aromatic N) is 3. The number of hydrogen-bond acceptors (Lipinski definition) is 4. The fourth-order valence-corrected chi connectivity index (χ4v) is 0.819. The lowest BCUT2D eigenvalue weighted by molar-refractivity contribution is 0.325. The summed E-state index contributed by atoms with van der Waals surface area (Å²) in [7, 11) is 0. The van der Waals surface area contributed by atoms with Gasteiger partial charge in [-0.15, -0.1) is 0 Å². The number of aromatic nitrogens is 2. The highest BCUT2D eigenvalue weighted by Gasteiger charge is 2.00. The maximum Gasteiger partial charge on any atom is 0.217 e. The molecule has 0 spiro atoms. The SMILES string of the molecule is CCOc1cc(C#N)nc(C)n1. The molecule has 0 aliphatic heterocycles. The summed E-state index contributed by atoms with van der Waals surface area (Å²) >= 11 is 0. The molecule has 0 aliphatic rings. The summed E-state index contributed by atoms with van der Waals surface area (Å²) in [5.74, 6) is 1.01. The molecule has 0 fully saturated rings. The molecule has 1 heterocycles. The first-order chi connectivity index (χ1) is 5.76. The van der Waals surface area contributed by atoms with Crippen molar-refractivity contribution < 1.29 is 4.74 Å². The van der Waals surface area contributed by atoms with Crippen molar-refractivity contribution in [3.8, 4) is 11.9 Å². The molecule has 0 unspecified atom stereocenters. The summed E-state index contributed by atoms with van der Waals surface area (Å²) < 4.78 is 5.13. The Bertz CT molecular complexity index is 317. The summed E-state index contributed by atoms with van der Waals surface area (Å²) in [5.41, 5.74) is 0.339. The average Bonchev–Trinajstić information content (AvgIpc) is 2.04. The molecule has 62 valence electrons. The van der Waals surface area contributed by atoms with E-state index in [0.717, 1.165) is 0 Å². The molecule has 0 N–H and O–H groups in total. The van der Waals surface area contributed by atoms with Crippen molar-refractivity contribution in [3.63, 3.8) is 0 Å². The van der Waals surface area contributed by atoms with Gasteiger partial charge in [-0.05, 0) is 13.8 Å². The van der Waals surface area contributed by atoms with Crippen LogP contribution >= 0.6 is 0 Å². The Morgan fingerprint density at radius 3 is 2.92 bits per heavy atom. The summed E-state index contributed by atoms with van der Waals surface area (Å²) in [6, 6.07) is 3.46. The third-order valence-corrected chi connectivity index (χ3v) is 1.22. The molecule has 0 bridgehead atoms. The third-order valence-electron chi connectivity index (χ3n) is 1.22. The molecule has 4 heteroatoms. The van der Waals surface area contributed by atoms with E-state index in [1.807, 2.05) is 13.0 Å². The lowest BCUT2D eigenvalue weighted by Gasteiger charge is -2.01. The minimum absolute atomic E-state index is 0.339. The van der Waals surface area contributed by atoms with Crippen LogP contribution in [0.25, 0.3) is 0 Å². The first kappa shape index (κ1) is 8.47. The van der Waals surface area contributed by atoms with Crippen molar-refractivity contribution in [1.82, 2.24) is 9.97 Å². The molecule has 0 radical (unpaired) electrons. The fraction of sp³-hybridized carbons (Fsp3) is 0.375. The number of nitriles is 1. The topological polar surface area (TPSA) is 58.8 Å². The van der Waals surface area contributed by atoms with E-state index in [9.17, 15) is 0 Å². The molecule has 1 rings (SSSR count). The molecular formula is C8H9N3O. The van der Waals surface area contributed by atoms with E-state index in [4.69, 9.17) is 10.00 Å². The van der Waals surface area contributed by atoms with Gasteiger partial charge < -0.3 is 4.74 Å². The first-order valence-electron chi connectivity index (χ1n) is 3.65. The van der Waals surface area contributed by atoms with E-state index in [1.165, 1.54) is 6.07 Å². The molecule has 4 nitrogen and oxygen atoms in total. The van der Waals surface area contributed by atoms with Crippen LogP contribution in [0.1, 0.15) is 18.4 Å². The van der Waals surface area contributed by atoms with Crippen LogP contribution in [0, 0.1) is 18.3 Å². The van der Waals surface area contributed by atoms with Gasteiger partial charge in [-0.1, -0.05) is 0 Å². The van der Waals surface area contributed by atoms with Crippen molar-refractivity contribution in [2.75, 3.05) is 6.61 Å². The lowest BCUT2D eigenvalue weighted by atomic mass is 10.4. The highest BCUT2D eigenvalue weighted by molar-refractivity contribution is 5.25. The van der Waals surface area contributed by atoms with Crippen LogP contribution in [0.4, 0.5) is 0 Å². The van der Waals surface area contributed by atoms with Gasteiger partial charge in [0.05, 0.1) is 6.61 Å². The summed E-state index contributed by atoms with van der Waals surface area (Å²) in [6.07, 6.45) is 0. The van der Waals surface area contributed by atoms with Crippen LogP contribution in [-0.2, 0) is 0 Å². The van der Waals surface area contributed by atoms with E-state index >= 15 is 0 Å². The van der Waals surface area contributed by atoms with Gasteiger partial charge in [-0.2, -0.15) is 10.2 Å². The number of aryl methyl sites for hydroxylation is 1. The largest absolute Gasteiger partial charge is 0.478 e. The van der Waals surface area contributed by atoms with Gasteiger partial charge in [0, 0.05) is 6.07 Å². The van der Waals surface area contributed by atoms with Crippen LogP contribution < -0.4 is 4.74 Å². The van der Waals surface area contributed by atoms with Gasteiger partial charge >= 0.3 is 0 Å². The predicted octanol–water partition coefficient (Wildman–Crippen LogP) is 1.06. The molecule has 0 atom stereocenters. The van der Waals surface area contributed by atoms with Gasteiger partial charge in [0.25, 0.3) is 0 Å². The van der Waals surface area contributed by atoms with Crippen LogP contribution in [0.15, 0.2) is 6.07 Å². The Kier molecular flexibility index (Phi) is 2.59. The van der Waals surface area contributed by atoms with Gasteiger partial charge in [0.1, 0.15) is 17.6 Å². The maximum absolute atomic E-state index is 8.56. The van der Waals surface area contributed by atoms with Crippen molar-refractivity contribution in [1.29, 1.82) is 5.26 Å². The Morgan fingerprint density at radius 1 is 1.58 bits per heavy atom. The number of ether oxygens (including phenoxy) is 1. The predicted molar refractivity (Wildman–Crippen MR) is 42.7 cm³/mol. The molecule has 0 aromatic carbocycles. The highest BCUT2D eigenvalue weighted by atomic mass is 16.5. The zero-order valence-corrected chi connectivity index (χ0v) is 7.03. The number of rotatable bonds is 2.